The van der Waals surface area contributed by atoms with Gasteiger partial charge in [-0.25, -0.2) is 0 Å². The van der Waals surface area contributed by atoms with E-state index in [9.17, 15) is 9.59 Å². The van der Waals surface area contributed by atoms with Gasteiger partial charge in [-0.15, -0.1) is 0 Å². The summed E-state index contributed by atoms with van der Waals surface area (Å²) in [5, 5.41) is 2.99. The second kappa shape index (κ2) is 8.56. The monoisotopic (exact) mass is 469 g/mol. The molecule has 5 nitrogen and oxygen atoms in total. The molecular formula is C30H31NO4. The fraction of sp³-hybridized carbons (Fsp3) is 0.333. The van der Waals surface area contributed by atoms with E-state index in [1.807, 2.05) is 69.3 Å². The van der Waals surface area contributed by atoms with Crippen LogP contribution in [0.2, 0.25) is 0 Å². The highest BCUT2D eigenvalue weighted by Crippen LogP contribution is 2.51. The van der Waals surface area contributed by atoms with E-state index in [4.69, 9.17) is 9.47 Å². The van der Waals surface area contributed by atoms with Crippen LogP contribution in [0.3, 0.4) is 0 Å². The maximum Gasteiger partial charge on any atom is 0.251 e. The molecule has 0 atom stereocenters. The second-order valence-electron chi connectivity index (χ2n) is 10.7. The Morgan fingerprint density at radius 1 is 0.914 bits per heavy atom. The first-order valence-corrected chi connectivity index (χ1v) is 12.1. The van der Waals surface area contributed by atoms with E-state index in [2.05, 4.69) is 24.4 Å². The van der Waals surface area contributed by atoms with Crippen molar-refractivity contribution < 1.29 is 19.1 Å². The minimum Gasteiger partial charge on any atom is -0.454 e. The number of ketones is 1. The largest absolute Gasteiger partial charge is 0.454 e. The molecule has 0 unspecified atom stereocenters. The first kappa shape index (κ1) is 23.2. The number of nitrogens with one attached hydrogen (secondary N) is 1. The van der Waals surface area contributed by atoms with Crippen molar-refractivity contribution >= 4 is 11.7 Å². The third-order valence-electron chi connectivity index (χ3n) is 6.82. The van der Waals surface area contributed by atoms with E-state index >= 15 is 0 Å². The van der Waals surface area contributed by atoms with Crippen LogP contribution in [-0.2, 0) is 16.6 Å². The summed E-state index contributed by atoms with van der Waals surface area (Å²) in [4.78, 5) is 25.9. The van der Waals surface area contributed by atoms with Gasteiger partial charge >= 0.3 is 0 Å². The molecule has 2 aliphatic rings. The van der Waals surface area contributed by atoms with Crippen LogP contribution in [0.4, 0.5) is 0 Å². The molecule has 1 heterocycles. The van der Waals surface area contributed by atoms with Gasteiger partial charge in [0.05, 0.1) is 5.41 Å². The Bertz CT molecular complexity index is 1300. The number of carbonyl (C=O) groups is 2. The van der Waals surface area contributed by atoms with E-state index in [1.165, 1.54) is 0 Å². The molecule has 0 spiro atoms. The fourth-order valence-corrected chi connectivity index (χ4v) is 4.71. The Balaban J connectivity index is 1.34. The molecule has 3 aromatic carbocycles. The average molecular weight is 470 g/mol. The first-order chi connectivity index (χ1) is 16.6. The SMILES string of the molecule is Cc1ccc(CC(=O)C2(c3ccc4c(c3)OCO4)CC2)cc1-c1ccc(C(=O)NC(C)(C)C)cc1. The van der Waals surface area contributed by atoms with Gasteiger partial charge in [0, 0.05) is 17.5 Å². The normalized spacial score (nSPS) is 15.5. The van der Waals surface area contributed by atoms with Crippen LogP contribution < -0.4 is 14.8 Å². The molecule has 1 saturated carbocycles. The van der Waals surface area contributed by atoms with Gasteiger partial charge in [-0.05, 0) is 92.6 Å². The first-order valence-electron chi connectivity index (χ1n) is 12.1. The van der Waals surface area contributed by atoms with Crippen molar-refractivity contribution in [1.82, 2.24) is 5.32 Å². The van der Waals surface area contributed by atoms with Crippen LogP contribution in [0.1, 0.15) is 60.7 Å². The molecule has 5 rings (SSSR count). The minimum atomic E-state index is -0.423. The molecule has 0 bridgehead atoms. The number of aryl methyl sites for hydroxylation is 1. The van der Waals surface area contributed by atoms with Gasteiger partial charge in [0.25, 0.3) is 5.91 Å². The lowest BCUT2D eigenvalue weighted by molar-refractivity contribution is -0.120. The van der Waals surface area contributed by atoms with Gasteiger partial charge in [-0.3, -0.25) is 9.59 Å². The van der Waals surface area contributed by atoms with Crippen molar-refractivity contribution in [2.24, 2.45) is 0 Å². The zero-order chi connectivity index (χ0) is 24.8. The number of benzene rings is 3. The third kappa shape index (κ3) is 4.68. The predicted octanol–water partition coefficient (Wildman–Crippen LogP) is 5.76. The van der Waals surface area contributed by atoms with Crippen LogP contribution in [-0.4, -0.2) is 24.0 Å². The highest BCUT2D eigenvalue weighted by atomic mass is 16.7. The van der Waals surface area contributed by atoms with Gasteiger partial charge in [-0.2, -0.15) is 0 Å². The van der Waals surface area contributed by atoms with Crippen molar-refractivity contribution in [2.45, 2.75) is 57.9 Å². The van der Waals surface area contributed by atoms with E-state index in [1.54, 1.807) is 0 Å². The van der Waals surface area contributed by atoms with Crippen molar-refractivity contribution in [3.63, 3.8) is 0 Å². The molecule has 0 saturated heterocycles. The van der Waals surface area contributed by atoms with Gasteiger partial charge in [-0.1, -0.05) is 36.4 Å². The van der Waals surface area contributed by atoms with E-state index in [0.717, 1.165) is 52.2 Å². The number of fused-ring (bicyclic) bond motifs is 1. The summed E-state index contributed by atoms with van der Waals surface area (Å²) >= 11 is 0. The number of amides is 1. The molecule has 1 fully saturated rings. The van der Waals surface area contributed by atoms with Gasteiger partial charge in [0.15, 0.2) is 11.5 Å². The Hall–Kier alpha value is -3.60. The number of hydrogen-bond acceptors (Lipinski definition) is 4. The smallest absolute Gasteiger partial charge is 0.251 e. The molecule has 1 amide bonds. The Kier molecular flexibility index (Phi) is 5.66. The number of ether oxygens (including phenoxy) is 2. The Labute approximate surface area is 206 Å². The van der Waals surface area contributed by atoms with Gasteiger partial charge in [0.1, 0.15) is 5.78 Å². The van der Waals surface area contributed by atoms with Crippen molar-refractivity contribution in [1.29, 1.82) is 0 Å². The molecule has 0 radical (unpaired) electrons. The molecule has 1 aliphatic heterocycles. The molecule has 35 heavy (non-hydrogen) atoms. The summed E-state index contributed by atoms with van der Waals surface area (Å²) in [6, 6.07) is 19.7. The van der Waals surface area contributed by atoms with Crippen LogP contribution in [0.25, 0.3) is 11.1 Å². The second-order valence-corrected chi connectivity index (χ2v) is 10.7. The summed E-state index contributed by atoms with van der Waals surface area (Å²) in [5.41, 5.74) is 5.17. The molecule has 5 heteroatoms. The lowest BCUT2D eigenvalue weighted by atomic mass is 9.87. The summed E-state index contributed by atoms with van der Waals surface area (Å²) in [6.07, 6.45) is 2.11. The maximum atomic E-state index is 13.4. The van der Waals surface area contributed by atoms with Crippen LogP contribution >= 0.6 is 0 Å². The summed E-state index contributed by atoms with van der Waals surface area (Å²) in [7, 11) is 0. The maximum absolute atomic E-state index is 13.4. The quantitative estimate of drug-likeness (QED) is 0.498. The number of hydrogen-bond donors (Lipinski definition) is 1. The molecule has 0 aromatic heterocycles. The van der Waals surface area contributed by atoms with Crippen LogP contribution in [0.5, 0.6) is 11.5 Å². The summed E-state index contributed by atoms with van der Waals surface area (Å²) in [6.45, 7) is 8.19. The lowest BCUT2D eigenvalue weighted by Crippen LogP contribution is -2.40. The topological polar surface area (TPSA) is 64.6 Å². The van der Waals surface area contributed by atoms with Crippen LogP contribution in [0, 0.1) is 6.92 Å². The van der Waals surface area contributed by atoms with Gasteiger partial charge in [0.2, 0.25) is 6.79 Å². The highest BCUT2D eigenvalue weighted by molar-refractivity contribution is 5.96. The van der Waals surface area contributed by atoms with Crippen molar-refractivity contribution in [2.75, 3.05) is 6.79 Å². The number of rotatable bonds is 6. The lowest BCUT2D eigenvalue weighted by Gasteiger charge is -2.20. The Morgan fingerprint density at radius 3 is 2.31 bits per heavy atom. The molecular weight excluding hydrogens is 438 g/mol. The summed E-state index contributed by atoms with van der Waals surface area (Å²) in [5.74, 6) is 1.61. The highest BCUT2D eigenvalue weighted by Gasteiger charge is 2.50. The summed E-state index contributed by atoms with van der Waals surface area (Å²) < 4.78 is 10.9. The van der Waals surface area contributed by atoms with E-state index in [-0.39, 0.29) is 24.0 Å². The van der Waals surface area contributed by atoms with Crippen LogP contribution in [0.15, 0.2) is 60.7 Å². The molecule has 180 valence electrons. The molecule has 3 aromatic rings. The predicted molar refractivity (Wildman–Crippen MR) is 136 cm³/mol. The molecule has 1 N–H and O–H groups in total. The number of carbonyl (C=O) groups excluding carboxylic acids is 2. The third-order valence-corrected chi connectivity index (χ3v) is 6.82. The zero-order valence-electron chi connectivity index (χ0n) is 20.7. The Morgan fingerprint density at radius 2 is 1.63 bits per heavy atom. The van der Waals surface area contributed by atoms with Gasteiger partial charge < -0.3 is 14.8 Å². The van der Waals surface area contributed by atoms with E-state index in [0.29, 0.717) is 12.0 Å². The fourth-order valence-electron chi connectivity index (χ4n) is 4.71. The standard InChI is InChI=1S/C30H31NO4/c1-19-5-6-20(15-24(19)21-7-9-22(10-8-21)28(33)31-29(2,3)4)16-27(32)30(13-14-30)23-11-12-25-26(17-23)35-18-34-25/h5-12,15,17H,13-14,16,18H2,1-4H3,(H,31,33). The van der Waals surface area contributed by atoms with Crippen molar-refractivity contribution in [3.8, 4) is 22.6 Å². The zero-order valence-corrected chi connectivity index (χ0v) is 20.7. The van der Waals surface area contributed by atoms with Crippen molar-refractivity contribution in [3.05, 3.63) is 82.9 Å². The minimum absolute atomic E-state index is 0.0848. The number of Topliss-reactive ketones (excluding diaryl/α,β-unsaturated/α-hetero) is 1. The molecule has 1 aliphatic carbocycles. The van der Waals surface area contributed by atoms with E-state index < -0.39 is 5.41 Å². The average Bonchev–Trinajstić information content (AvgIpc) is 3.50.